The van der Waals surface area contributed by atoms with E-state index >= 15 is 0 Å². The lowest BCUT2D eigenvalue weighted by atomic mass is 10.8. The third kappa shape index (κ3) is 4.14. The lowest BCUT2D eigenvalue weighted by molar-refractivity contribution is -0.132. The fourth-order valence-electron chi connectivity index (χ4n) is 0.363. The van der Waals surface area contributed by atoms with Crippen LogP contribution in [0.2, 0.25) is 13.1 Å². The second-order valence-corrected chi connectivity index (χ2v) is 7.56. The van der Waals surface area contributed by atoms with Gasteiger partial charge in [0, 0.05) is 0 Å². The van der Waals surface area contributed by atoms with E-state index < -0.39 is 8.32 Å². The van der Waals surface area contributed by atoms with Crippen LogP contribution >= 0.6 is 23.2 Å². The molecular weight excluding hydrogens is 191 g/mol. The molecule has 0 aromatic carbocycles. The summed E-state index contributed by atoms with van der Waals surface area (Å²) in [6, 6.07) is 0. The Kier molecular flexibility index (Phi) is 4.32. The molecule has 0 fully saturated rings. The first kappa shape index (κ1) is 10.3. The lowest BCUT2D eigenvalue weighted by Crippen LogP contribution is -2.36. The highest BCUT2D eigenvalue weighted by atomic mass is 35.5. The van der Waals surface area contributed by atoms with Gasteiger partial charge in [0.15, 0.2) is 0 Å². The topological polar surface area (TPSA) is 26.3 Å². The number of halogens is 2. The van der Waals surface area contributed by atoms with E-state index in [0.717, 1.165) is 0 Å². The summed E-state index contributed by atoms with van der Waals surface area (Å²) in [5.41, 5.74) is 0.412. The zero-order chi connectivity index (χ0) is 8.20. The van der Waals surface area contributed by atoms with Crippen LogP contribution in [0.5, 0.6) is 0 Å². The van der Waals surface area contributed by atoms with E-state index in [-0.39, 0.29) is 11.8 Å². The van der Waals surface area contributed by atoms with Crippen molar-refractivity contribution in [3.63, 3.8) is 0 Å². The highest BCUT2D eigenvalue weighted by molar-refractivity contribution is 6.79. The normalized spacial score (nSPS) is 11.2. The number of hydrogen-bond donors (Lipinski definition) is 0. The van der Waals surface area contributed by atoms with Gasteiger partial charge in [0.05, 0.1) is 5.50 Å². The molecule has 0 unspecified atom stereocenters. The van der Waals surface area contributed by atoms with Gasteiger partial charge in [0.2, 0.25) is 0 Å². The highest BCUT2D eigenvalue weighted by Gasteiger charge is 2.24. The van der Waals surface area contributed by atoms with Gasteiger partial charge < -0.3 is 4.43 Å². The summed E-state index contributed by atoms with van der Waals surface area (Å²) in [4.78, 5) is 10.6. The second kappa shape index (κ2) is 4.21. The molecular formula is C5H10Cl2O2Si. The van der Waals surface area contributed by atoms with Crippen molar-refractivity contribution >= 4 is 37.5 Å². The number of rotatable bonds is 3. The third-order valence-electron chi connectivity index (χ3n) is 0.821. The Morgan fingerprint density at radius 2 is 2.00 bits per heavy atom. The van der Waals surface area contributed by atoms with Crippen LogP contribution in [0.25, 0.3) is 0 Å². The fraction of sp³-hybridized carbons (Fsp3) is 0.800. The monoisotopic (exact) mass is 200 g/mol. The Balaban J connectivity index is 3.76. The van der Waals surface area contributed by atoms with E-state index in [4.69, 9.17) is 27.6 Å². The fourth-order valence-corrected chi connectivity index (χ4v) is 1.42. The summed E-state index contributed by atoms with van der Waals surface area (Å²) in [7, 11) is -1.93. The minimum atomic E-state index is -1.93. The molecule has 0 aliphatic carbocycles. The van der Waals surface area contributed by atoms with Crippen molar-refractivity contribution in [1.29, 1.82) is 0 Å². The highest BCUT2D eigenvalue weighted by Crippen LogP contribution is 2.06. The lowest BCUT2D eigenvalue weighted by Gasteiger charge is -2.18. The molecule has 0 aromatic rings. The van der Waals surface area contributed by atoms with Gasteiger partial charge >= 0.3 is 5.97 Å². The Bertz CT molecular complexity index is 127. The van der Waals surface area contributed by atoms with Crippen LogP contribution in [0.3, 0.4) is 0 Å². The van der Waals surface area contributed by atoms with E-state index in [2.05, 4.69) is 0 Å². The largest absolute Gasteiger partial charge is 0.518 e. The van der Waals surface area contributed by atoms with E-state index in [0.29, 0.717) is 5.50 Å². The second-order valence-electron chi connectivity index (χ2n) is 2.50. The maximum absolute atomic E-state index is 10.6. The molecule has 0 rings (SSSR count). The minimum Gasteiger partial charge on any atom is -0.518 e. The van der Waals surface area contributed by atoms with E-state index in [1.165, 1.54) is 0 Å². The summed E-state index contributed by atoms with van der Waals surface area (Å²) in [6.45, 7) is 3.73. The van der Waals surface area contributed by atoms with Gasteiger partial charge in [-0.3, -0.25) is 4.79 Å². The van der Waals surface area contributed by atoms with Crippen LogP contribution in [0.4, 0.5) is 0 Å². The molecule has 0 N–H and O–H groups in total. The number of hydrogen-bond acceptors (Lipinski definition) is 2. The molecule has 0 amide bonds. The van der Waals surface area contributed by atoms with Gasteiger partial charge in [-0.25, -0.2) is 0 Å². The third-order valence-corrected chi connectivity index (χ3v) is 4.39. The molecule has 0 spiro atoms. The van der Waals surface area contributed by atoms with Crippen molar-refractivity contribution in [1.82, 2.24) is 0 Å². The molecule has 0 atom stereocenters. The molecule has 0 aromatic heterocycles. The number of carbonyl (C=O) groups excluding carboxylic acids is 1. The first-order valence-electron chi connectivity index (χ1n) is 2.85. The first-order valence-corrected chi connectivity index (χ1v) is 7.04. The average Bonchev–Trinajstić information content (AvgIpc) is 1.87. The van der Waals surface area contributed by atoms with Crippen molar-refractivity contribution < 1.29 is 9.22 Å². The summed E-state index contributed by atoms with van der Waals surface area (Å²) in [6.07, 6.45) is 0. The van der Waals surface area contributed by atoms with Crippen LogP contribution in [0, 0.1) is 0 Å². The van der Waals surface area contributed by atoms with Gasteiger partial charge in [-0.2, -0.15) is 0 Å². The molecule has 5 heteroatoms. The molecule has 0 saturated carbocycles. The molecule has 0 radical (unpaired) electrons. The molecule has 0 bridgehead atoms. The molecule has 0 heterocycles. The van der Waals surface area contributed by atoms with Crippen LogP contribution in [-0.2, 0) is 9.22 Å². The quantitative estimate of drug-likeness (QED) is 0.513. The average molecular weight is 201 g/mol. The van der Waals surface area contributed by atoms with Crippen LogP contribution < -0.4 is 0 Å². The smallest absolute Gasteiger partial charge is 0.307 e. The summed E-state index contributed by atoms with van der Waals surface area (Å²) in [5, 5.41) is 0. The van der Waals surface area contributed by atoms with Crippen LogP contribution in [-0.4, -0.2) is 25.7 Å². The maximum Gasteiger partial charge on any atom is 0.307 e. The van der Waals surface area contributed by atoms with Crippen molar-refractivity contribution in [3.8, 4) is 0 Å². The summed E-state index contributed by atoms with van der Waals surface area (Å²) < 4.78 is 4.97. The Hall–Kier alpha value is 0.267. The van der Waals surface area contributed by atoms with Gasteiger partial charge in [-0.1, -0.05) is 0 Å². The molecule has 2 nitrogen and oxygen atoms in total. The van der Waals surface area contributed by atoms with E-state index in [1.54, 1.807) is 0 Å². The minimum absolute atomic E-state index is 0.0900. The molecule has 0 aliphatic rings. The van der Waals surface area contributed by atoms with Gasteiger partial charge in [0.25, 0.3) is 8.32 Å². The molecule has 10 heavy (non-hydrogen) atoms. The van der Waals surface area contributed by atoms with Crippen molar-refractivity contribution in [2.75, 3.05) is 11.4 Å². The predicted molar refractivity (Wildman–Crippen MR) is 45.0 cm³/mol. The first-order chi connectivity index (χ1) is 4.52. The predicted octanol–water partition coefficient (Wildman–Crippen LogP) is 1.75. The zero-order valence-corrected chi connectivity index (χ0v) is 8.50. The Morgan fingerprint density at radius 3 is 2.30 bits per heavy atom. The summed E-state index contributed by atoms with van der Waals surface area (Å²) >= 11 is 10.8. The van der Waals surface area contributed by atoms with Gasteiger partial charge in [-0.05, 0) is 13.1 Å². The van der Waals surface area contributed by atoms with Crippen molar-refractivity contribution in [2.24, 2.45) is 0 Å². The molecule has 0 saturated heterocycles. The van der Waals surface area contributed by atoms with Gasteiger partial charge in [-0.15, -0.1) is 23.2 Å². The van der Waals surface area contributed by atoms with Crippen molar-refractivity contribution in [2.45, 2.75) is 13.1 Å². The summed E-state index contributed by atoms with van der Waals surface area (Å²) in [5.74, 6) is -0.466. The SMILES string of the molecule is C[Si](C)(CCl)OC(=O)CCl. The molecule has 60 valence electrons. The van der Waals surface area contributed by atoms with Gasteiger partial charge in [0.1, 0.15) is 5.88 Å². The molecule has 0 aliphatic heterocycles. The van der Waals surface area contributed by atoms with Crippen LogP contribution in [0.15, 0.2) is 0 Å². The van der Waals surface area contributed by atoms with Crippen LogP contribution in [0.1, 0.15) is 0 Å². The van der Waals surface area contributed by atoms with Crippen molar-refractivity contribution in [3.05, 3.63) is 0 Å². The van der Waals surface area contributed by atoms with E-state index in [1.807, 2.05) is 13.1 Å². The van der Waals surface area contributed by atoms with E-state index in [9.17, 15) is 4.79 Å². The number of alkyl halides is 2. The Labute approximate surface area is 71.6 Å². The number of carbonyl (C=O) groups is 1. The Morgan fingerprint density at radius 1 is 1.50 bits per heavy atom. The zero-order valence-electron chi connectivity index (χ0n) is 5.99. The maximum atomic E-state index is 10.6. The standard InChI is InChI=1S/C5H10Cl2O2Si/c1-10(2,4-7)9-5(8)3-6/h3-4H2,1-2H3.